The molecule has 6 nitrogen and oxygen atoms in total. The highest BCUT2D eigenvalue weighted by Gasteiger charge is 2.41. The highest BCUT2D eigenvalue weighted by atomic mass is 16.1. The fourth-order valence-electron chi connectivity index (χ4n) is 4.05. The summed E-state index contributed by atoms with van der Waals surface area (Å²) in [4.78, 5) is 17.4. The number of hydrazine groups is 1. The molecule has 1 aromatic heterocycles. The largest absolute Gasteiger partial charge is 0.369 e. The molecule has 3 atom stereocenters. The van der Waals surface area contributed by atoms with Crippen LogP contribution in [0.2, 0.25) is 0 Å². The van der Waals surface area contributed by atoms with Crippen LogP contribution in [0.3, 0.4) is 0 Å². The molecule has 2 saturated heterocycles. The number of amides is 1. The number of aromatic amines is 1. The van der Waals surface area contributed by atoms with E-state index in [-0.39, 0.29) is 17.9 Å². The van der Waals surface area contributed by atoms with Crippen LogP contribution in [0.1, 0.15) is 18.4 Å². The molecule has 0 bridgehead atoms. The smallest absolute Gasteiger partial charge is 0.223 e. The first kappa shape index (κ1) is 14.7. The SMILES string of the molecule is NC(=O)C1CNNC1C1CCCN1Cc1ccc2[nH]ccc2c1. The van der Waals surface area contributed by atoms with Gasteiger partial charge in [0.15, 0.2) is 0 Å². The summed E-state index contributed by atoms with van der Waals surface area (Å²) in [7, 11) is 0. The Kier molecular flexibility index (Phi) is 3.80. The highest BCUT2D eigenvalue weighted by Crippen LogP contribution is 2.27. The summed E-state index contributed by atoms with van der Waals surface area (Å²) in [6, 6.07) is 9.12. The van der Waals surface area contributed by atoms with Gasteiger partial charge in [-0.25, -0.2) is 0 Å². The number of fused-ring (bicyclic) bond motifs is 1. The van der Waals surface area contributed by atoms with E-state index >= 15 is 0 Å². The second kappa shape index (κ2) is 5.96. The standard InChI is InChI=1S/C17H23N5O/c18-17(23)13-9-20-21-16(13)15-2-1-7-22(15)10-11-3-4-14-12(8-11)5-6-19-14/h3-6,8,13,15-16,19-21H,1-2,7,9-10H2,(H2,18,23). The topological polar surface area (TPSA) is 86.2 Å². The maximum Gasteiger partial charge on any atom is 0.223 e. The lowest BCUT2D eigenvalue weighted by molar-refractivity contribution is -0.122. The Bertz CT molecular complexity index is 712. The number of rotatable bonds is 4. The van der Waals surface area contributed by atoms with Crippen molar-refractivity contribution in [2.45, 2.75) is 31.5 Å². The Morgan fingerprint density at radius 2 is 2.26 bits per heavy atom. The fourth-order valence-corrected chi connectivity index (χ4v) is 4.05. The molecule has 3 heterocycles. The van der Waals surface area contributed by atoms with Gasteiger partial charge in [-0.3, -0.25) is 20.5 Å². The van der Waals surface area contributed by atoms with E-state index < -0.39 is 0 Å². The maximum absolute atomic E-state index is 11.7. The van der Waals surface area contributed by atoms with Crippen molar-refractivity contribution >= 4 is 16.8 Å². The zero-order valence-corrected chi connectivity index (χ0v) is 13.1. The highest BCUT2D eigenvalue weighted by molar-refractivity contribution is 5.80. The van der Waals surface area contributed by atoms with E-state index in [0.29, 0.717) is 12.6 Å². The summed E-state index contributed by atoms with van der Waals surface area (Å²) in [5, 5.41) is 1.24. The van der Waals surface area contributed by atoms with Crippen LogP contribution in [0.25, 0.3) is 10.9 Å². The quantitative estimate of drug-likeness (QED) is 0.670. The number of likely N-dealkylation sites (tertiary alicyclic amines) is 1. The summed E-state index contributed by atoms with van der Waals surface area (Å²) in [6.07, 6.45) is 4.24. The van der Waals surface area contributed by atoms with Gasteiger partial charge in [0.25, 0.3) is 0 Å². The minimum Gasteiger partial charge on any atom is -0.369 e. The fraction of sp³-hybridized carbons (Fsp3) is 0.471. The molecule has 1 aromatic carbocycles. The van der Waals surface area contributed by atoms with Crippen molar-refractivity contribution in [2.75, 3.05) is 13.1 Å². The molecule has 2 fully saturated rings. The van der Waals surface area contributed by atoms with Gasteiger partial charge in [0.05, 0.1) is 5.92 Å². The number of carbonyl (C=O) groups is 1. The monoisotopic (exact) mass is 313 g/mol. The first-order valence-corrected chi connectivity index (χ1v) is 8.30. The number of nitrogens with two attached hydrogens (primary N) is 1. The number of carbonyl (C=O) groups excluding carboxylic acids is 1. The third-order valence-corrected chi connectivity index (χ3v) is 5.22. The van der Waals surface area contributed by atoms with Crippen LogP contribution in [0.4, 0.5) is 0 Å². The van der Waals surface area contributed by atoms with Crippen LogP contribution in [-0.2, 0) is 11.3 Å². The Labute approximate surface area is 135 Å². The van der Waals surface area contributed by atoms with Crippen molar-refractivity contribution in [1.29, 1.82) is 0 Å². The molecule has 6 heteroatoms. The average molecular weight is 313 g/mol. The molecule has 0 saturated carbocycles. The summed E-state index contributed by atoms with van der Waals surface area (Å²) in [5.74, 6) is -0.346. The Hall–Kier alpha value is -1.89. The molecule has 0 spiro atoms. The van der Waals surface area contributed by atoms with Gasteiger partial charge >= 0.3 is 0 Å². The van der Waals surface area contributed by atoms with Gasteiger partial charge in [-0.05, 0) is 48.5 Å². The number of nitrogens with zero attached hydrogens (tertiary/aromatic N) is 1. The van der Waals surface area contributed by atoms with E-state index in [1.54, 1.807) is 0 Å². The van der Waals surface area contributed by atoms with Crippen molar-refractivity contribution in [3.63, 3.8) is 0 Å². The summed E-state index contributed by atoms with van der Waals surface area (Å²) >= 11 is 0. The Morgan fingerprint density at radius 1 is 1.35 bits per heavy atom. The van der Waals surface area contributed by atoms with Crippen molar-refractivity contribution in [3.8, 4) is 0 Å². The van der Waals surface area contributed by atoms with Crippen LogP contribution in [0.15, 0.2) is 30.5 Å². The predicted molar refractivity (Wildman–Crippen MR) is 89.3 cm³/mol. The number of H-pyrrole nitrogens is 1. The molecule has 23 heavy (non-hydrogen) atoms. The van der Waals surface area contributed by atoms with Crippen LogP contribution in [-0.4, -0.2) is 41.0 Å². The lowest BCUT2D eigenvalue weighted by Gasteiger charge is -2.31. The van der Waals surface area contributed by atoms with E-state index in [9.17, 15) is 4.79 Å². The van der Waals surface area contributed by atoms with E-state index in [0.717, 1.165) is 19.5 Å². The van der Waals surface area contributed by atoms with Crippen LogP contribution >= 0.6 is 0 Å². The molecule has 5 N–H and O–H groups in total. The van der Waals surface area contributed by atoms with Gasteiger partial charge in [0, 0.05) is 36.9 Å². The Balaban J connectivity index is 1.52. The van der Waals surface area contributed by atoms with Crippen molar-refractivity contribution in [2.24, 2.45) is 11.7 Å². The van der Waals surface area contributed by atoms with Gasteiger partial charge in [-0.15, -0.1) is 0 Å². The van der Waals surface area contributed by atoms with Gasteiger partial charge in [0.1, 0.15) is 0 Å². The molecule has 2 aliphatic rings. The summed E-state index contributed by atoms with van der Waals surface area (Å²) in [6.45, 7) is 2.61. The van der Waals surface area contributed by atoms with Crippen molar-refractivity contribution < 1.29 is 4.79 Å². The second-order valence-corrected chi connectivity index (χ2v) is 6.64. The van der Waals surface area contributed by atoms with Crippen molar-refractivity contribution in [3.05, 3.63) is 36.0 Å². The molecule has 4 rings (SSSR count). The number of hydrogen-bond donors (Lipinski definition) is 4. The van der Waals surface area contributed by atoms with E-state index in [4.69, 9.17) is 5.73 Å². The van der Waals surface area contributed by atoms with Gasteiger partial charge in [-0.2, -0.15) is 0 Å². The normalized spacial score (nSPS) is 28.6. The zero-order valence-electron chi connectivity index (χ0n) is 13.1. The molecule has 1 amide bonds. The van der Waals surface area contributed by atoms with E-state index in [1.807, 2.05) is 6.20 Å². The zero-order chi connectivity index (χ0) is 15.8. The minimum atomic E-state index is -0.215. The number of aromatic nitrogens is 1. The summed E-state index contributed by atoms with van der Waals surface area (Å²) in [5.41, 5.74) is 14.4. The third kappa shape index (κ3) is 2.73. The van der Waals surface area contributed by atoms with Gasteiger partial charge in [-0.1, -0.05) is 6.07 Å². The first-order valence-electron chi connectivity index (χ1n) is 8.30. The lowest BCUT2D eigenvalue weighted by atomic mass is 9.93. The number of nitrogens with one attached hydrogen (secondary N) is 3. The Morgan fingerprint density at radius 3 is 3.13 bits per heavy atom. The molecule has 0 aliphatic carbocycles. The molecule has 122 valence electrons. The van der Waals surface area contributed by atoms with Crippen molar-refractivity contribution in [1.82, 2.24) is 20.7 Å². The predicted octanol–water partition coefficient (Wildman–Crippen LogP) is 0.710. The first-order chi connectivity index (χ1) is 11.2. The lowest BCUT2D eigenvalue weighted by Crippen LogP contribution is -2.50. The average Bonchev–Trinajstić information content (AvgIpc) is 3.26. The molecule has 3 unspecified atom stereocenters. The third-order valence-electron chi connectivity index (χ3n) is 5.22. The molecular formula is C17H23N5O. The molecule has 0 radical (unpaired) electrons. The van der Waals surface area contributed by atoms with E-state index in [1.165, 1.54) is 22.9 Å². The summed E-state index contributed by atoms with van der Waals surface area (Å²) < 4.78 is 0. The number of benzene rings is 1. The maximum atomic E-state index is 11.7. The van der Waals surface area contributed by atoms with Gasteiger partial charge in [0.2, 0.25) is 5.91 Å². The van der Waals surface area contributed by atoms with Crippen LogP contribution in [0.5, 0.6) is 0 Å². The van der Waals surface area contributed by atoms with Crippen LogP contribution in [0, 0.1) is 5.92 Å². The van der Waals surface area contributed by atoms with Gasteiger partial charge < -0.3 is 10.7 Å². The second-order valence-electron chi connectivity index (χ2n) is 6.64. The molecule has 2 aromatic rings. The minimum absolute atomic E-state index is 0.103. The number of hydrogen-bond acceptors (Lipinski definition) is 4. The molecular weight excluding hydrogens is 290 g/mol. The van der Waals surface area contributed by atoms with Crippen LogP contribution < -0.4 is 16.6 Å². The number of primary amides is 1. The van der Waals surface area contributed by atoms with E-state index in [2.05, 4.69) is 45.0 Å². The molecule has 2 aliphatic heterocycles.